The van der Waals surface area contributed by atoms with Crippen molar-refractivity contribution < 1.29 is 22.3 Å². The minimum absolute atomic E-state index is 0.0212. The third-order valence-electron chi connectivity index (χ3n) is 5.93. The normalized spacial score (nSPS) is 20.1. The van der Waals surface area contributed by atoms with Gasteiger partial charge in [-0.25, -0.2) is 17.8 Å². The Hall–Kier alpha value is -1.75. The van der Waals surface area contributed by atoms with Gasteiger partial charge < -0.3 is 14.4 Å². The second-order valence-electron chi connectivity index (χ2n) is 7.81. The van der Waals surface area contributed by atoms with Crippen LogP contribution < -0.4 is 9.47 Å². The third kappa shape index (κ3) is 5.19. The number of sulfonamides is 1. The number of piperidine rings is 2. The van der Waals surface area contributed by atoms with Crippen molar-refractivity contribution in [3.63, 3.8) is 0 Å². The topological polar surface area (TPSA) is 72.0 Å². The van der Waals surface area contributed by atoms with Gasteiger partial charge in [0.05, 0.1) is 11.5 Å². The Kier molecular flexibility index (Phi) is 7.10. The van der Waals surface area contributed by atoms with E-state index < -0.39 is 15.8 Å². The Morgan fingerprint density at radius 2 is 1.90 bits per heavy atom. The SMILES string of the molecule is CCOc1ccc(S(=O)(=O)N2CCC(N3CCC(Oc4nccs4)CC3)CC2)cc1F. The lowest BCUT2D eigenvalue weighted by molar-refractivity contribution is 0.0584. The number of aromatic nitrogens is 1. The molecule has 0 aliphatic carbocycles. The van der Waals surface area contributed by atoms with Gasteiger partial charge in [-0.3, -0.25) is 0 Å². The number of hydrogen-bond acceptors (Lipinski definition) is 7. The van der Waals surface area contributed by atoms with E-state index >= 15 is 0 Å². The molecule has 10 heteroatoms. The molecule has 4 rings (SSSR count). The first-order chi connectivity index (χ1) is 15.0. The van der Waals surface area contributed by atoms with E-state index in [1.807, 2.05) is 5.38 Å². The quantitative estimate of drug-likeness (QED) is 0.619. The number of ether oxygens (including phenoxy) is 2. The third-order valence-corrected chi connectivity index (χ3v) is 8.49. The molecule has 2 aromatic rings. The molecule has 0 bridgehead atoms. The van der Waals surface area contributed by atoms with Crippen molar-refractivity contribution in [1.82, 2.24) is 14.2 Å². The van der Waals surface area contributed by atoms with Crippen LogP contribution in [0.5, 0.6) is 10.9 Å². The highest BCUT2D eigenvalue weighted by Crippen LogP contribution is 2.28. The van der Waals surface area contributed by atoms with Gasteiger partial charge in [-0.15, -0.1) is 0 Å². The van der Waals surface area contributed by atoms with Crippen molar-refractivity contribution in [1.29, 1.82) is 0 Å². The molecular formula is C21H28FN3O4S2. The summed E-state index contributed by atoms with van der Waals surface area (Å²) < 4.78 is 52.7. The van der Waals surface area contributed by atoms with Crippen molar-refractivity contribution in [3.8, 4) is 10.9 Å². The zero-order valence-corrected chi connectivity index (χ0v) is 19.2. The summed E-state index contributed by atoms with van der Waals surface area (Å²) in [5.74, 6) is -0.581. The molecule has 0 radical (unpaired) electrons. The average Bonchev–Trinajstić information content (AvgIpc) is 3.29. The van der Waals surface area contributed by atoms with Crippen LogP contribution in [0.25, 0.3) is 0 Å². The summed E-state index contributed by atoms with van der Waals surface area (Å²) in [4.78, 5) is 6.61. The van der Waals surface area contributed by atoms with E-state index in [-0.39, 0.29) is 16.7 Å². The lowest BCUT2D eigenvalue weighted by atomic mass is 10.00. The molecule has 1 aromatic heterocycles. The highest BCUT2D eigenvalue weighted by molar-refractivity contribution is 7.89. The van der Waals surface area contributed by atoms with Gasteiger partial charge in [0.15, 0.2) is 11.6 Å². The van der Waals surface area contributed by atoms with E-state index in [1.165, 1.54) is 27.8 Å². The van der Waals surface area contributed by atoms with E-state index in [0.29, 0.717) is 25.7 Å². The molecule has 0 N–H and O–H groups in total. The predicted octanol–water partition coefficient (Wildman–Crippen LogP) is 3.38. The summed E-state index contributed by atoms with van der Waals surface area (Å²) in [6.45, 7) is 4.85. The van der Waals surface area contributed by atoms with Crippen LogP contribution in [-0.4, -0.2) is 67.5 Å². The van der Waals surface area contributed by atoms with Gasteiger partial charge in [-0.1, -0.05) is 11.3 Å². The minimum Gasteiger partial charge on any atom is -0.491 e. The van der Waals surface area contributed by atoms with Crippen LogP contribution in [0.2, 0.25) is 0 Å². The van der Waals surface area contributed by atoms with Gasteiger partial charge in [0.25, 0.3) is 5.19 Å². The summed E-state index contributed by atoms with van der Waals surface area (Å²) in [6, 6.07) is 4.23. The zero-order chi connectivity index (χ0) is 21.8. The molecular weight excluding hydrogens is 441 g/mol. The standard InChI is InChI=1S/C21H28FN3O4S2/c1-2-28-20-4-3-18(15-19(20)22)31(26,27)25-12-5-16(6-13-25)24-10-7-17(8-11-24)29-21-23-9-14-30-21/h3-4,9,14-17H,2,5-8,10-13H2,1H3. The van der Waals surface area contributed by atoms with Crippen LogP contribution in [0.4, 0.5) is 4.39 Å². The Labute approximate surface area is 186 Å². The van der Waals surface area contributed by atoms with Crippen molar-refractivity contribution >= 4 is 21.4 Å². The Morgan fingerprint density at radius 1 is 1.16 bits per heavy atom. The first kappa shape index (κ1) is 22.4. The maximum atomic E-state index is 14.2. The average molecular weight is 470 g/mol. The molecule has 2 saturated heterocycles. The molecule has 0 spiro atoms. The second-order valence-corrected chi connectivity index (χ2v) is 10.6. The van der Waals surface area contributed by atoms with Gasteiger partial charge in [0, 0.05) is 43.8 Å². The van der Waals surface area contributed by atoms with Crippen LogP contribution >= 0.6 is 11.3 Å². The number of halogens is 1. The molecule has 2 fully saturated rings. The second kappa shape index (κ2) is 9.81. The monoisotopic (exact) mass is 469 g/mol. The highest BCUT2D eigenvalue weighted by Gasteiger charge is 2.33. The Morgan fingerprint density at radius 3 is 2.52 bits per heavy atom. The van der Waals surface area contributed by atoms with E-state index in [1.54, 1.807) is 13.1 Å². The highest BCUT2D eigenvalue weighted by atomic mass is 32.2. The van der Waals surface area contributed by atoms with Crippen LogP contribution in [-0.2, 0) is 10.0 Å². The molecule has 7 nitrogen and oxygen atoms in total. The maximum Gasteiger partial charge on any atom is 0.273 e. The molecule has 0 saturated carbocycles. The van der Waals surface area contributed by atoms with Crippen molar-refractivity contribution in [2.45, 2.75) is 49.6 Å². The fourth-order valence-electron chi connectivity index (χ4n) is 4.28. The number of hydrogen-bond donors (Lipinski definition) is 0. The number of thiazole rings is 1. The summed E-state index contributed by atoms with van der Waals surface area (Å²) in [6.07, 6.45) is 5.39. The Balaban J connectivity index is 1.30. The fraction of sp³-hybridized carbons (Fsp3) is 0.571. The first-order valence-corrected chi connectivity index (χ1v) is 13.0. The van der Waals surface area contributed by atoms with E-state index in [2.05, 4.69) is 9.88 Å². The maximum absolute atomic E-state index is 14.2. The molecule has 2 aliphatic rings. The molecule has 170 valence electrons. The summed E-state index contributed by atoms with van der Waals surface area (Å²) in [5, 5.41) is 2.64. The van der Waals surface area contributed by atoms with E-state index in [0.717, 1.165) is 50.0 Å². The van der Waals surface area contributed by atoms with Crippen LogP contribution in [0, 0.1) is 5.82 Å². The number of benzene rings is 1. The van der Waals surface area contributed by atoms with Gasteiger partial charge in [0.2, 0.25) is 10.0 Å². The van der Waals surface area contributed by atoms with Crippen molar-refractivity contribution in [2.75, 3.05) is 32.8 Å². The Bertz CT molecular complexity index is 955. The van der Waals surface area contributed by atoms with Crippen LogP contribution in [0.1, 0.15) is 32.6 Å². The molecule has 31 heavy (non-hydrogen) atoms. The van der Waals surface area contributed by atoms with Gasteiger partial charge in [-0.2, -0.15) is 4.31 Å². The molecule has 0 atom stereocenters. The summed E-state index contributed by atoms with van der Waals surface area (Å²) in [7, 11) is -3.71. The lowest BCUT2D eigenvalue weighted by Gasteiger charge is -2.41. The largest absolute Gasteiger partial charge is 0.491 e. The van der Waals surface area contributed by atoms with Gasteiger partial charge in [-0.05, 0) is 50.8 Å². The van der Waals surface area contributed by atoms with E-state index in [9.17, 15) is 12.8 Å². The molecule has 1 aromatic carbocycles. The van der Waals surface area contributed by atoms with Crippen molar-refractivity contribution in [3.05, 3.63) is 35.6 Å². The fourth-order valence-corrected chi connectivity index (χ4v) is 6.31. The minimum atomic E-state index is -3.71. The predicted molar refractivity (Wildman–Crippen MR) is 117 cm³/mol. The molecule has 3 heterocycles. The smallest absolute Gasteiger partial charge is 0.273 e. The lowest BCUT2D eigenvalue weighted by Crippen LogP contribution is -2.50. The molecule has 0 unspecified atom stereocenters. The first-order valence-electron chi connectivity index (χ1n) is 10.7. The summed E-state index contributed by atoms with van der Waals surface area (Å²) >= 11 is 1.51. The van der Waals surface area contributed by atoms with Crippen LogP contribution in [0.15, 0.2) is 34.7 Å². The van der Waals surface area contributed by atoms with Crippen molar-refractivity contribution in [2.24, 2.45) is 0 Å². The number of rotatable bonds is 7. The zero-order valence-electron chi connectivity index (χ0n) is 17.6. The van der Waals surface area contributed by atoms with E-state index in [4.69, 9.17) is 9.47 Å². The molecule has 2 aliphatic heterocycles. The van der Waals surface area contributed by atoms with Crippen LogP contribution in [0.3, 0.4) is 0 Å². The number of likely N-dealkylation sites (tertiary alicyclic amines) is 1. The van der Waals surface area contributed by atoms with Gasteiger partial charge in [0.1, 0.15) is 6.10 Å². The molecule has 0 amide bonds. The summed E-state index contributed by atoms with van der Waals surface area (Å²) in [5.41, 5.74) is 0. The number of nitrogens with zero attached hydrogens (tertiary/aromatic N) is 3. The van der Waals surface area contributed by atoms with Gasteiger partial charge >= 0.3 is 0 Å².